The third-order valence-electron chi connectivity index (χ3n) is 3.10. The van der Waals surface area contributed by atoms with E-state index in [0.717, 1.165) is 24.1 Å². The Bertz CT molecular complexity index is 489. The van der Waals surface area contributed by atoms with E-state index < -0.39 is 10.0 Å². The molecule has 1 aliphatic carbocycles. The zero-order valence-corrected chi connectivity index (χ0v) is 11.4. The molecule has 2 N–H and O–H groups in total. The van der Waals surface area contributed by atoms with E-state index in [9.17, 15) is 8.42 Å². The average molecular weight is 275 g/mol. The molecule has 0 aromatic carbocycles. The molecule has 0 spiro atoms. The predicted octanol–water partition coefficient (Wildman–Crippen LogP) is 1.50. The maximum atomic E-state index is 12.1. The Morgan fingerprint density at radius 1 is 1.47 bits per heavy atom. The minimum Gasteiger partial charge on any atom is -0.396 e. The fourth-order valence-electron chi connectivity index (χ4n) is 1.93. The van der Waals surface area contributed by atoms with Gasteiger partial charge in [-0.1, -0.05) is 0 Å². The molecule has 0 aliphatic heterocycles. The largest absolute Gasteiger partial charge is 0.396 e. The number of sulfonamides is 1. The molecule has 96 valence electrons. The minimum atomic E-state index is -3.39. The molecule has 1 fully saturated rings. The summed E-state index contributed by atoms with van der Waals surface area (Å²) in [4.78, 5) is 0.895. The first-order chi connectivity index (χ1) is 7.95. The van der Waals surface area contributed by atoms with E-state index >= 15 is 0 Å². The summed E-state index contributed by atoms with van der Waals surface area (Å²) in [7, 11) is -3.39. The summed E-state index contributed by atoms with van der Waals surface area (Å²) in [6, 6.07) is 3.37. The molecule has 1 heterocycles. The molecule has 0 atom stereocenters. The Morgan fingerprint density at radius 2 is 2.18 bits per heavy atom. The molecular weight excluding hydrogens is 258 g/mol. The Labute approximate surface area is 106 Å². The van der Waals surface area contributed by atoms with Crippen LogP contribution in [0.1, 0.15) is 31.1 Å². The molecule has 1 aromatic heterocycles. The van der Waals surface area contributed by atoms with Crippen molar-refractivity contribution >= 4 is 21.4 Å². The van der Waals surface area contributed by atoms with Gasteiger partial charge in [0.2, 0.25) is 0 Å². The molecule has 1 saturated carbocycles. The lowest BCUT2D eigenvalue weighted by molar-refractivity contribution is 0.248. The van der Waals surface area contributed by atoms with Crippen molar-refractivity contribution in [2.45, 2.75) is 42.4 Å². The fraction of sp³-hybridized carbons (Fsp3) is 0.636. The van der Waals surface area contributed by atoms with Crippen LogP contribution >= 0.6 is 11.3 Å². The van der Waals surface area contributed by atoms with Gasteiger partial charge in [0.15, 0.2) is 0 Å². The van der Waals surface area contributed by atoms with Crippen molar-refractivity contribution < 1.29 is 13.5 Å². The van der Waals surface area contributed by atoms with Crippen LogP contribution in [0.2, 0.25) is 0 Å². The standard InChI is InChI=1S/C11H17NO3S2/c1-11(6-2-7-11)12-17(14,15)10-4-3-9(16-10)5-8-13/h3-4,12-13H,2,5-8H2,1H3. The van der Waals surface area contributed by atoms with Gasteiger partial charge in [-0.05, 0) is 38.3 Å². The number of hydrogen-bond donors (Lipinski definition) is 2. The molecule has 4 nitrogen and oxygen atoms in total. The Kier molecular flexibility index (Phi) is 3.58. The van der Waals surface area contributed by atoms with E-state index in [1.54, 1.807) is 12.1 Å². The maximum Gasteiger partial charge on any atom is 0.250 e. The van der Waals surface area contributed by atoms with E-state index in [4.69, 9.17) is 5.11 Å². The average Bonchev–Trinajstić information content (AvgIpc) is 2.65. The van der Waals surface area contributed by atoms with Crippen LogP contribution in [0.4, 0.5) is 0 Å². The van der Waals surface area contributed by atoms with Crippen LogP contribution in [0.3, 0.4) is 0 Å². The number of aliphatic hydroxyl groups is 1. The minimum absolute atomic E-state index is 0.0468. The van der Waals surface area contributed by atoms with Crippen LogP contribution in [0, 0.1) is 0 Å². The van der Waals surface area contributed by atoms with Crippen molar-refractivity contribution in [1.82, 2.24) is 4.72 Å². The van der Waals surface area contributed by atoms with E-state index in [1.165, 1.54) is 11.3 Å². The van der Waals surface area contributed by atoms with Gasteiger partial charge < -0.3 is 5.11 Å². The van der Waals surface area contributed by atoms with Gasteiger partial charge in [-0.15, -0.1) is 11.3 Å². The first-order valence-corrected chi connectivity index (χ1v) is 7.99. The smallest absolute Gasteiger partial charge is 0.250 e. The molecule has 0 amide bonds. The number of nitrogens with one attached hydrogen (secondary N) is 1. The second kappa shape index (κ2) is 4.68. The van der Waals surface area contributed by atoms with Crippen LogP contribution in [0.25, 0.3) is 0 Å². The Hall–Kier alpha value is -0.430. The third kappa shape index (κ3) is 2.88. The van der Waals surface area contributed by atoms with Gasteiger partial charge in [0.1, 0.15) is 4.21 Å². The Morgan fingerprint density at radius 3 is 2.71 bits per heavy atom. The summed E-state index contributed by atoms with van der Waals surface area (Å²) in [6.07, 6.45) is 3.40. The molecule has 1 aromatic rings. The summed E-state index contributed by atoms with van der Waals surface area (Å²) in [5.41, 5.74) is -0.264. The highest BCUT2D eigenvalue weighted by atomic mass is 32.2. The van der Waals surface area contributed by atoms with E-state index in [1.807, 2.05) is 6.92 Å². The second-order valence-electron chi connectivity index (χ2n) is 4.71. The number of hydrogen-bond acceptors (Lipinski definition) is 4. The van der Waals surface area contributed by atoms with E-state index in [0.29, 0.717) is 10.6 Å². The summed E-state index contributed by atoms with van der Waals surface area (Å²) in [6.45, 7) is 1.99. The van der Waals surface area contributed by atoms with Crippen LogP contribution < -0.4 is 4.72 Å². The Balaban J connectivity index is 2.13. The van der Waals surface area contributed by atoms with Crippen molar-refractivity contribution in [2.75, 3.05) is 6.61 Å². The SMILES string of the molecule is CC1(NS(=O)(=O)c2ccc(CCO)s2)CCC1. The van der Waals surface area contributed by atoms with Gasteiger partial charge in [-0.25, -0.2) is 13.1 Å². The first-order valence-electron chi connectivity index (χ1n) is 5.69. The lowest BCUT2D eigenvalue weighted by atomic mass is 9.80. The van der Waals surface area contributed by atoms with E-state index in [2.05, 4.69) is 4.72 Å². The van der Waals surface area contributed by atoms with Gasteiger partial charge >= 0.3 is 0 Å². The first kappa shape index (κ1) is 13.0. The van der Waals surface area contributed by atoms with Gasteiger partial charge in [0.25, 0.3) is 10.0 Å². The van der Waals surface area contributed by atoms with E-state index in [-0.39, 0.29) is 12.1 Å². The van der Waals surface area contributed by atoms with Gasteiger partial charge in [0, 0.05) is 23.4 Å². The molecule has 6 heteroatoms. The second-order valence-corrected chi connectivity index (χ2v) is 7.79. The van der Waals surface area contributed by atoms with Crippen LogP contribution in [0.15, 0.2) is 16.3 Å². The van der Waals surface area contributed by atoms with Crippen LogP contribution in [-0.4, -0.2) is 25.7 Å². The van der Waals surface area contributed by atoms with Gasteiger partial charge in [-0.2, -0.15) is 0 Å². The lowest BCUT2D eigenvalue weighted by Crippen LogP contribution is -2.50. The molecule has 0 radical (unpaired) electrons. The fourth-order valence-corrected chi connectivity index (χ4v) is 4.74. The number of aliphatic hydroxyl groups excluding tert-OH is 1. The topological polar surface area (TPSA) is 66.4 Å². The van der Waals surface area contributed by atoms with Crippen molar-refractivity contribution in [3.05, 3.63) is 17.0 Å². The van der Waals surface area contributed by atoms with Crippen molar-refractivity contribution in [2.24, 2.45) is 0 Å². The van der Waals surface area contributed by atoms with Crippen molar-refractivity contribution in [1.29, 1.82) is 0 Å². The third-order valence-corrected chi connectivity index (χ3v) is 6.37. The number of thiophene rings is 1. The maximum absolute atomic E-state index is 12.1. The molecule has 2 rings (SSSR count). The molecular formula is C11H17NO3S2. The normalized spacial score (nSPS) is 18.9. The zero-order chi connectivity index (χ0) is 12.5. The lowest BCUT2D eigenvalue weighted by Gasteiger charge is -2.38. The molecule has 0 unspecified atom stereocenters. The summed E-state index contributed by atoms with van der Waals surface area (Å²) < 4.78 is 27.3. The zero-order valence-electron chi connectivity index (χ0n) is 9.77. The van der Waals surface area contributed by atoms with Crippen molar-refractivity contribution in [3.63, 3.8) is 0 Å². The summed E-state index contributed by atoms with van der Waals surface area (Å²) in [5, 5.41) is 8.81. The number of rotatable bonds is 5. The molecule has 0 bridgehead atoms. The van der Waals surface area contributed by atoms with Crippen LogP contribution in [0.5, 0.6) is 0 Å². The van der Waals surface area contributed by atoms with Gasteiger partial charge in [-0.3, -0.25) is 0 Å². The summed E-state index contributed by atoms with van der Waals surface area (Å²) in [5.74, 6) is 0. The van der Waals surface area contributed by atoms with Crippen molar-refractivity contribution in [3.8, 4) is 0 Å². The van der Waals surface area contributed by atoms with Gasteiger partial charge in [0.05, 0.1) is 0 Å². The molecule has 17 heavy (non-hydrogen) atoms. The highest BCUT2D eigenvalue weighted by molar-refractivity contribution is 7.91. The predicted molar refractivity (Wildman–Crippen MR) is 67.7 cm³/mol. The monoisotopic (exact) mass is 275 g/mol. The quantitative estimate of drug-likeness (QED) is 0.856. The summed E-state index contributed by atoms with van der Waals surface area (Å²) >= 11 is 1.23. The molecule has 0 saturated heterocycles. The highest BCUT2D eigenvalue weighted by Gasteiger charge is 2.36. The highest BCUT2D eigenvalue weighted by Crippen LogP contribution is 2.33. The molecule has 1 aliphatic rings. The van der Waals surface area contributed by atoms with Crippen LogP contribution in [-0.2, 0) is 16.4 Å².